The Bertz CT molecular complexity index is 595. The van der Waals surface area contributed by atoms with Gasteiger partial charge in [0.15, 0.2) is 0 Å². The lowest BCUT2D eigenvalue weighted by Gasteiger charge is -2.20. The number of hydrogen-bond donors (Lipinski definition) is 1. The van der Waals surface area contributed by atoms with Crippen LogP contribution in [-0.2, 0) is 6.42 Å². The number of aryl methyl sites for hydroxylation is 3. The molecule has 1 atom stereocenters. The summed E-state index contributed by atoms with van der Waals surface area (Å²) in [5, 5.41) is 7.61. The zero-order valence-corrected chi connectivity index (χ0v) is 13.5. The molecule has 0 spiro atoms. The Balaban J connectivity index is 2.50. The van der Waals surface area contributed by atoms with Gasteiger partial charge >= 0.3 is 0 Å². The fraction of sp³-hybridized carbons (Fsp3) is 0.467. The van der Waals surface area contributed by atoms with Crippen LogP contribution in [0.3, 0.4) is 0 Å². The molecule has 0 fully saturated rings. The molecule has 0 aliphatic heterocycles. The predicted octanol–water partition coefficient (Wildman–Crippen LogP) is 3.03. The summed E-state index contributed by atoms with van der Waals surface area (Å²) >= 11 is 1.47. The summed E-state index contributed by atoms with van der Waals surface area (Å²) in [6.07, 6.45) is 0.901. The molecule has 1 aromatic heterocycles. The van der Waals surface area contributed by atoms with Gasteiger partial charge < -0.3 is 10.1 Å². The average Bonchev–Trinajstić information content (AvgIpc) is 2.91. The Labute approximate surface area is 124 Å². The molecule has 1 N–H and O–H groups in total. The van der Waals surface area contributed by atoms with Crippen LogP contribution in [0.25, 0.3) is 0 Å². The smallest absolute Gasteiger partial charge is 0.122 e. The van der Waals surface area contributed by atoms with Gasteiger partial charge in [-0.3, -0.25) is 0 Å². The van der Waals surface area contributed by atoms with Gasteiger partial charge in [-0.25, -0.2) is 0 Å². The van der Waals surface area contributed by atoms with Crippen molar-refractivity contribution in [2.75, 3.05) is 14.2 Å². The third-order valence-corrected chi connectivity index (χ3v) is 4.40. The molecule has 0 saturated heterocycles. The van der Waals surface area contributed by atoms with Crippen LogP contribution in [0.2, 0.25) is 0 Å². The Morgan fingerprint density at radius 2 is 2.05 bits per heavy atom. The van der Waals surface area contributed by atoms with Crippen LogP contribution in [-0.4, -0.2) is 23.7 Å². The zero-order chi connectivity index (χ0) is 14.7. The highest BCUT2D eigenvalue weighted by atomic mass is 32.1. The minimum atomic E-state index is 0.134. The second-order valence-electron chi connectivity index (χ2n) is 4.84. The van der Waals surface area contributed by atoms with Crippen molar-refractivity contribution in [2.24, 2.45) is 0 Å². The summed E-state index contributed by atoms with van der Waals surface area (Å²) in [5.74, 6) is 0.930. The maximum atomic E-state index is 5.39. The Kier molecular flexibility index (Phi) is 4.73. The van der Waals surface area contributed by atoms with Crippen molar-refractivity contribution in [2.45, 2.75) is 33.2 Å². The van der Waals surface area contributed by atoms with Gasteiger partial charge in [-0.2, -0.15) is 0 Å². The highest BCUT2D eigenvalue weighted by Gasteiger charge is 2.21. The largest absolute Gasteiger partial charge is 0.496 e. The van der Waals surface area contributed by atoms with Gasteiger partial charge in [-0.05, 0) is 61.6 Å². The summed E-state index contributed by atoms with van der Waals surface area (Å²) in [7, 11) is 3.68. The van der Waals surface area contributed by atoms with E-state index in [0.717, 1.165) is 23.4 Å². The van der Waals surface area contributed by atoms with Crippen LogP contribution in [0.4, 0.5) is 0 Å². The van der Waals surface area contributed by atoms with Crippen molar-refractivity contribution < 1.29 is 4.74 Å². The van der Waals surface area contributed by atoms with Gasteiger partial charge in [0, 0.05) is 0 Å². The molecular formula is C15H21N3OS. The van der Waals surface area contributed by atoms with E-state index in [1.807, 2.05) is 7.05 Å². The van der Waals surface area contributed by atoms with E-state index in [0.29, 0.717) is 0 Å². The van der Waals surface area contributed by atoms with Crippen molar-refractivity contribution >= 4 is 11.5 Å². The lowest BCUT2D eigenvalue weighted by molar-refractivity contribution is 0.411. The Morgan fingerprint density at radius 1 is 1.30 bits per heavy atom. The van der Waals surface area contributed by atoms with Crippen LogP contribution in [0.1, 0.15) is 40.2 Å². The van der Waals surface area contributed by atoms with Gasteiger partial charge in [0.25, 0.3) is 0 Å². The number of aromatic nitrogens is 2. The third-order valence-electron chi connectivity index (χ3n) is 3.57. The molecule has 0 saturated carbocycles. The molecular weight excluding hydrogens is 270 g/mol. The first-order valence-electron chi connectivity index (χ1n) is 6.75. The summed E-state index contributed by atoms with van der Waals surface area (Å²) in [6.45, 7) is 6.29. The molecule has 5 heteroatoms. The van der Waals surface area contributed by atoms with Crippen LogP contribution >= 0.6 is 11.5 Å². The molecule has 0 aliphatic carbocycles. The topological polar surface area (TPSA) is 47.0 Å². The lowest BCUT2D eigenvalue weighted by Crippen LogP contribution is -2.19. The third kappa shape index (κ3) is 2.69. The SMILES string of the molecule is CCc1nnsc1C(NC)c1cc(C)c(OC)cc1C. The molecule has 1 unspecified atom stereocenters. The molecule has 4 nitrogen and oxygen atoms in total. The average molecular weight is 291 g/mol. The van der Waals surface area contributed by atoms with Gasteiger partial charge in [0.1, 0.15) is 5.75 Å². The van der Waals surface area contributed by atoms with Gasteiger partial charge in [0.05, 0.1) is 23.7 Å². The summed E-state index contributed by atoms with van der Waals surface area (Å²) in [4.78, 5) is 1.20. The molecule has 1 heterocycles. The minimum Gasteiger partial charge on any atom is -0.496 e. The number of hydrogen-bond acceptors (Lipinski definition) is 5. The molecule has 0 amide bonds. The number of nitrogens with zero attached hydrogens (tertiary/aromatic N) is 2. The maximum absolute atomic E-state index is 5.39. The Hall–Kier alpha value is -1.46. The number of methoxy groups -OCH3 is 1. The number of ether oxygens (including phenoxy) is 1. The van der Waals surface area contributed by atoms with Crippen LogP contribution in [0, 0.1) is 13.8 Å². The molecule has 1 aromatic carbocycles. The molecule has 0 aliphatic rings. The zero-order valence-electron chi connectivity index (χ0n) is 12.7. The van der Waals surface area contributed by atoms with Gasteiger partial charge in [0.2, 0.25) is 0 Å². The van der Waals surface area contributed by atoms with E-state index in [4.69, 9.17) is 4.74 Å². The highest BCUT2D eigenvalue weighted by Crippen LogP contribution is 2.32. The molecule has 2 rings (SSSR count). The normalized spacial score (nSPS) is 12.4. The second-order valence-corrected chi connectivity index (χ2v) is 5.62. The van der Waals surface area contributed by atoms with Crippen molar-refractivity contribution in [1.82, 2.24) is 14.9 Å². The van der Waals surface area contributed by atoms with Crippen LogP contribution in [0.15, 0.2) is 12.1 Å². The summed E-state index contributed by atoms with van der Waals surface area (Å²) in [5.41, 5.74) is 4.68. The van der Waals surface area contributed by atoms with E-state index in [2.05, 4.69) is 47.8 Å². The Morgan fingerprint density at radius 3 is 2.65 bits per heavy atom. The first kappa shape index (κ1) is 14.9. The number of nitrogens with one attached hydrogen (secondary N) is 1. The molecule has 0 bridgehead atoms. The fourth-order valence-electron chi connectivity index (χ4n) is 2.45. The highest BCUT2D eigenvalue weighted by molar-refractivity contribution is 7.05. The van der Waals surface area contributed by atoms with Crippen molar-refractivity contribution in [3.05, 3.63) is 39.4 Å². The quantitative estimate of drug-likeness (QED) is 0.920. The number of rotatable bonds is 5. The summed E-state index contributed by atoms with van der Waals surface area (Å²) in [6, 6.07) is 4.42. The summed E-state index contributed by atoms with van der Waals surface area (Å²) < 4.78 is 9.49. The molecule has 108 valence electrons. The maximum Gasteiger partial charge on any atom is 0.122 e. The molecule has 0 radical (unpaired) electrons. The second kappa shape index (κ2) is 6.33. The van der Waals surface area contributed by atoms with Crippen molar-refractivity contribution in [3.63, 3.8) is 0 Å². The van der Waals surface area contributed by atoms with Gasteiger partial charge in [-0.1, -0.05) is 17.5 Å². The monoisotopic (exact) mass is 291 g/mol. The predicted molar refractivity (Wildman–Crippen MR) is 82.7 cm³/mol. The lowest BCUT2D eigenvalue weighted by atomic mass is 9.96. The van der Waals surface area contributed by atoms with E-state index < -0.39 is 0 Å². The first-order chi connectivity index (χ1) is 9.62. The van der Waals surface area contributed by atoms with E-state index in [1.165, 1.54) is 27.5 Å². The van der Waals surface area contributed by atoms with E-state index in [9.17, 15) is 0 Å². The van der Waals surface area contributed by atoms with E-state index in [-0.39, 0.29) is 6.04 Å². The van der Waals surface area contributed by atoms with E-state index in [1.54, 1.807) is 7.11 Å². The number of benzene rings is 1. The van der Waals surface area contributed by atoms with Crippen LogP contribution in [0.5, 0.6) is 5.75 Å². The fourth-order valence-corrected chi connectivity index (χ4v) is 3.32. The molecule has 2 aromatic rings. The standard InChI is InChI=1S/C15H21N3OS/c1-6-12-15(20-18-17-12)14(16-4)11-7-10(3)13(19-5)8-9(11)2/h7-8,14,16H,6H2,1-5H3. The van der Waals surface area contributed by atoms with Crippen LogP contribution < -0.4 is 10.1 Å². The minimum absolute atomic E-state index is 0.134. The van der Waals surface area contributed by atoms with Gasteiger partial charge in [-0.15, -0.1) is 5.10 Å². The van der Waals surface area contributed by atoms with E-state index >= 15 is 0 Å². The van der Waals surface area contributed by atoms with Crippen molar-refractivity contribution in [1.29, 1.82) is 0 Å². The van der Waals surface area contributed by atoms with Crippen molar-refractivity contribution in [3.8, 4) is 5.75 Å². The first-order valence-corrected chi connectivity index (χ1v) is 7.53. The molecule has 20 heavy (non-hydrogen) atoms.